The first-order chi connectivity index (χ1) is 16.8. The number of alkyl halides is 25. The molecule has 2 fully saturated rings. The van der Waals surface area contributed by atoms with E-state index in [1.54, 1.807) is 0 Å². The zero-order chi connectivity index (χ0) is 32.8. The highest BCUT2D eigenvalue weighted by atomic mass is 19.4. The van der Waals surface area contributed by atoms with Gasteiger partial charge in [-0.15, -0.1) is 4.90 Å². The van der Waals surface area contributed by atoms with E-state index >= 15 is 0 Å². The van der Waals surface area contributed by atoms with Crippen molar-refractivity contribution in [2.75, 3.05) is 0 Å². The summed E-state index contributed by atoms with van der Waals surface area (Å²) in [5, 5.41) is 0. The van der Waals surface area contributed by atoms with E-state index in [-0.39, 0.29) is 0 Å². The highest BCUT2D eigenvalue weighted by Crippen LogP contribution is 2.73. The van der Waals surface area contributed by atoms with Crippen molar-refractivity contribution in [3.05, 3.63) is 0 Å². The van der Waals surface area contributed by atoms with Crippen LogP contribution in [0.3, 0.4) is 0 Å². The van der Waals surface area contributed by atoms with Crippen LogP contribution < -0.4 is 0 Å². The van der Waals surface area contributed by atoms with Crippen LogP contribution in [-0.4, -0.2) is 82.4 Å². The topological polar surface area (TPSA) is 12.5 Å². The molecule has 1 aliphatic carbocycles. The summed E-state index contributed by atoms with van der Waals surface area (Å²) < 4.78 is 337. The summed E-state index contributed by atoms with van der Waals surface area (Å²) in [6.07, 6.45) is -17.7. The van der Waals surface area contributed by atoms with Crippen molar-refractivity contribution in [1.82, 2.24) is 4.90 Å². The Bertz CT molecular complexity index is 985. The Morgan fingerprint density at radius 2 is 0.625 bits per heavy atom. The van der Waals surface area contributed by atoms with Crippen LogP contribution in [0.25, 0.3) is 0 Å². The number of hydrogen-bond donors (Lipinski definition) is 0. The summed E-state index contributed by atoms with van der Waals surface area (Å²) in [4.78, 5) is -4.66. The molecule has 1 saturated carbocycles. The first-order valence-electron chi connectivity index (χ1n) is 8.55. The maximum absolute atomic E-state index is 14.3. The van der Waals surface area contributed by atoms with Gasteiger partial charge in [-0.3, -0.25) is 0 Å². The number of ether oxygens (including phenoxy) is 1. The molecule has 1 aliphatic heterocycles. The fourth-order valence-electron chi connectivity index (χ4n) is 3.20. The second-order valence-electron chi connectivity index (χ2n) is 7.77. The largest absolute Gasteiger partial charge is 0.439 e. The molecule has 0 amide bonds. The second-order valence-corrected chi connectivity index (χ2v) is 7.77. The summed E-state index contributed by atoms with van der Waals surface area (Å²) in [6.45, 7) is 0. The molecule has 238 valence electrons. The Labute approximate surface area is 198 Å². The summed E-state index contributed by atoms with van der Waals surface area (Å²) in [5.41, 5.74) is -9.11. The fourth-order valence-corrected chi connectivity index (χ4v) is 3.20. The van der Waals surface area contributed by atoms with E-state index in [1.165, 1.54) is 0 Å². The Hall–Kier alpha value is -1.83. The van der Waals surface area contributed by atoms with E-state index in [0.29, 0.717) is 0 Å². The third-order valence-corrected chi connectivity index (χ3v) is 5.44. The lowest BCUT2D eigenvalue weighted by atomic mass is 9.71. The predicted molar refractivity (Wildman–Crippen MR) is 66.1 cm³/mol. The molecule has 0 aromatic carbocycles. The molecule has 0 unspecified atom stereocenters. The van der Waals surface area contributed by atoms with E-state index in [4.69, 9.17) is 0 Å². The van der Waals surface area contributed by atoms with Gasteiger partial charge in [0.15, 0.2) is 0 Å². The quantitative estimate of drug-likeness (QED) is 0.224. The SMILES string of the molecule is FC(F)(OC(F)(F)C1(F)C(F)(F)C(F)(F)C(F)(F)C(F)(F)C1(F)F)C(F)(F)N1C(F)(F)C(F)(F)C(F)(F)C1(F)F. The van der Waals surface area contributed by atoms with E-state index in [9.17, 15) is 110 Å². The molecule has 0 atom stereocenters. The lowest BCUT2D eigenvalue weighted by Crippen LogP contribution is -2.87. The van der Waals surface area contributed by atoms with Crippen molar-refractivity contribution in [2.45, 2.75) is 77.5 Å². The molecule has 0 radical (unpaired) electrons. The first-order valence-corrected chi connectivity index (χ1v) is 8.55. The molecule has 0 aromatic heterocycles. The lowest BCUT2D eigenvalue weighted by Gasteiger charge is -2.54. The highest BCUT2D eigenvalue weighted by molar-refractivity contribution is 5.29. The average Bonchev–Trinajstić information content (AvgIpc) is 2.76. The first kappa shape index (κ1) is 34.4. The molecule has 27 heteroatoms. The van der Waals surface area contributed by atoms with Crippen LogP contribution in [0.15, 0.2) is 0 Å². The lowest BCUT2D eigenvalue weighted by molar-refractivity contribution is -0.558. The molecular weight excluding hydrogens is 661 g/mol. The van der Waals surface area contributed by atoms with Gasteiger partial charge >= 0.3 is 77.5 Å². The van der Waals surface area contributed by atoms with Gasteiger partial charge in [-0.1, -0.05) is 0 Å². The van der Waals surface area contributed by atoms with E-state index < -0.39 is 82.4 Å². The Morgan fingerprint density at radius 3 is 0.900 bits per heavy atom. The molecule has 1 saturated heterocycles. The van der Waals surface area contributed by atoms with Crippen LogP contribution in [0.5, 0.6) is 0 Å². The smallest absolute Gasteiger partial charge is 0.246 e. The summed E-state index contributed by atoms with van der Waals surface area (Å²) in [7, 11) is 0. The Balaban J connectivity index is 2.82. The number of halogens is 25. The van der Waals surface area contributed by atoms with Gasteiger partial charge < -0.3 is 0 Å². The van der Waals surface area contributed by atoms with Crippen LogP contribution in [0, 0.1) is 0 Å². The molecule has 40 heavy (non-hydrogen) atoms. The van der Waals surface area contributed by atoms with Crippen LogP contribution in [-0.2, 0) is 4.74 Å². The minimum Gasteiger partial charge on any atom is -0.246 e. The Morgan fingerprint density at radius 1 is 0.375 bits per heavy atom. The molecule has 0 aromatic rings. The molecule has 2 rings (SSSR count). The molecule has 2 aliphatic rings. The van der Waals surface area contributed by atoms with Crippen molar-refractivity contribution < 1.29 is 114 Å². The summed E-state index contributed by atoms with van der Waals surface area (Å²) >= 11 is 0. The zero-order valence-corrected chi connectivity index (χ0v) is 16.8. The fraction of sp³-hybridized carbons (Fsp3) is 1.00. The van der Waals surface area contributed by atoms with Crippen LogP contribution >= 0.6 is 0 Å². The van der Waals surface area contributed by atoms with Crippen molar-refractivity contribution in [1.29, 1.82) is 0 Å². The van der Waals surface area contributed by atoms with Crippen LogP contribution in [0.1, 0.15) is 0 Å². The van der Waals surface area contributed by atoms with Crippen molar-refractivity contribution in [2.24, 2.45) is 0 Å². The number of nitrogens with zero attached hydrogens (tertiary/aromatic N) is 1. The standard InChI is InChI=1S/C13F25NO/c14-1(2(15,16)4(19,20)6(23,24)5(21,22)3(1,17)18)12(35,36)40-13(37,38)11(33,34)39-9(29,30)7(25,26)8(27,28)10(39,31)32. The van der Waals surface area contributed by atoms with Gasteiger partial charge in [-0.05, 0) is 0 Å². The van der Waals surface area contributed by atoms with Gasteiger partial charge in [0.2, 0.25) is 0 Å². The van der Waals surface area contributed by atoms with Gasteiger partial charge in [-0.2, -0.15) is 105 Å². The van der Waals surface area contributed by atoms with Crippen LogP contribution in [0.4, 0.5) is 110 Å². The number of hydrogen-bond acceptors (Lipinski definition) is 2. The summed E-state index contributed by atoms with van der Waals surface area (Å²) in [6, 6.07) is -24.8. The van der Waals surface area contributed by atoms with Gasteiger partial charge in [-0.25, -0.2) is 9.13 Å². The van der Waals surface area contributed by atoms with E-state index in [0.717, 1.165) is 4.74 Å². The number of likely N-dealkylation sites (tertiary alicyclic amines) is 1. The molecule has 0 N–H and O–H groups in total. The van der Waals surface area contributed by atoms with Gasteiger partial charge in [0.05, 0.1) is 0 Å². The zero-order valence-electron chi connectivity index (χ0n) is 16.8. The third-order valence-electron chi connectivity index (χ3n) is 5.44. The normalized spacial score (nSPS) is 31.1. The van der Waals surface area contributed by atoms with Gasteiger partial charge in [0.25, 0.3) is 0 Å². The second kappa shape index (κ2) is 7.57. The molecule has 0 spiro atoms. The molecule has 0 bridgehead atoms. The third kappa shape index (κ3) is 3.05. The average molecular weight is 661 g/mol. The van der Waals surface area contributed by atoms with Crippen LogP contribution in [0.2, 0.25) is 0 Å². The maximum Gasteiger partial charge on any atom is 0.439 e. The number of rotatable bonds is 5. The maximum atomic E-state index is 14.3. The van der Waals surface area contributed by atoms with Crippen molar-refractivity contribution >= 4 is 0 Å². The Kier molecular flexibility index (Phi) is 6.50. The summed E-state index contributed by atoms with van der Waals surface area (Å²) in [5.74, 6) is -59.0. The molecule has 2 nitrogen and oxygen atoms in total. The predicted octanol–water partition coefficient (Wildman–Crippen LogP) is 7.45. The minimum atomic E-state index is -9.11. The monoisotopic (exact) mass is 661 g/mol. The minimum absolute atomic E-state index is 0.933. The van der Waals surface area contributed by atoms with Crippen molar-refractivity contribution in [3.63, 3.8) is 0 Å². The van der Waals surface area contributed by atoms with E-state index in [2.05, 4.69) is 0 Å². The van der Waals surface area contributed by atoms with E-state index in [1.807, 2.05) is 0 Å². The van der Waals surface area contributed by atoms with Crippen molar-refractivity contribution in [3.8, 4) is 0 Å². The molecule has 1 heterocycles. The van der Waals surface area contributed by atoms with Gasteiger partial charge in [0.1, 0.15) is 0 Å². The molecular formula is C13F25NO. The highest BCUT2D eigenvalue weighted by Gasteiger charge is 3.06. The van der Waals surface area contributed by atoms with Gasteiger partial charge in [0, 0.05) is 0 Å².